The lowest BCUT2D eigenvalue weighted by atomic mass is 10.1. The minimum absolute atomic E-state index is 0.0511. The number of rotatable bonds is 3. The Labute approximate surface area is 112 Å². The third kappa shape index (κ3) is 4.07. The average Bonchev–Trinajstić information content (AvgIpc) is 2.46. The van der Waals surface area contributed by atoms with E-state index in [1.165, 1.54) is 0 Å². The normalized spacial score (nSPS) is 21.5. The summed E-state index contributed by atoms with van der Waals surface area (Å²) in [6, 6.07) is 0.0555. The van der Waals surface area contributed by atoms with E-state index in [9.17, 15) is 9.59 Å². The van der Waals surface area contributed by atoms with E-state index in [1.54, 1.807) is 0 Å². The van der Waals surface area contributed by atoms with Gasteiger partial charge in [-0.1, -0.05) is 0 Å². The highest BCUT2D eigenvalue weighted by molar-refractivity contribution is 5.74. The Bertz CT molecular complexity index is 322. The second-order valence-electron chi connectivity index (χ2n) is 4.77. The standard InChI is InChI=1S/C12H20N2O5/c15-11(16)9-19-10-1-3-13(4-2-10)12(17)14-5-7-18-8-6-14/h10H,1-9H2,(H,15,16). The molecule has 1 N–H and O–H groups in total. The van der Waals surface area contributed by atoms with E-state index >= 15 is 0 Å². The summed E-state index contributed by atoms with van der Waals surface area (Å²) in [6.07, 6.45) is 1.34. The van der Waals surface area contributed by atoms with Crippen molar-refractivity contribution in [1.29, 1.82) is 0 Å². The van der Waals surface area contributed by atoms with Crippen molar-refractivity contribution < 1.29 is 24.2 Å². The lowest BCUT2D eigenvalue weighted by Gasteiger charge is -2.36. The molecule has 2 aliphatic heterocycles. The quantitative estimate of drug-likeness (QED) is 0.782. The fourth-order valence-electron chi connectivity index (χ4n) is 2.36. The number of piperidine rings is 1. The van der Waals surface area contributed by atoms with Crippen molar-refractivity contribution in [3.8, 4) is 0 Å². The molecule has 0 radical (unpaired) electrons. The van der Waals surface area contributed by atoms with Crippen molar-refractivity contribution in [1.82, 2.24) is 9.80 Å². The molecule has 108 valence electrons. The first kappa shape index (κ1) is 14.1. The van der Waals surface area contributed by atoms with E-state index in [1.807, 2.05) is 9.80 Å². The van der Waals surface area contributed by atoms with Gasteiger partial charge in [-0.3, -0.25) is 0 Å². The molecule has 2 aliphatic rings. The predicted molar refractivity (Wildman–Crippen MR) is 66.0 cm³/mol. The Morgan fingerprint density at radius 1 is 1.11 bits per heavy atom. The van der Waals surface area contributed by atoms with E-state index in [4.69, 9.17) is 14.6 Å². The minimum Gasteiger partial charge on any atom is -0.480 e. The molecule has 2 fully saturated rings. The van der Waals surface area contributed by atoms with Gasteiger partial charge in [-0.15, -0.1) is 0 Å². The number of carbonyl (C=O) groups is 2. The van der Waals surface area contributed by atoms with Crippen molar-refractivity contribution in [3.05, 3.63) is 0 Å². The molecule has 7 nitrogen and oxygen atoms in total. The summed E-state index contributed by atoms with van der Waals surface area (Å²) in [5.41, 5.74) is 0. The fraction of sp³-hybridized carbons (Fsp3) is 0.833. The van der Waals surface area contributed by atoms with Gasteiger partial charge in [0.1, 0.15) is 6.61 Å². The van der Waals surface area contributed by atoms with Gasteiger partial charge in [-0.05, 0) is 12.8 Å². The van der Waals surface area contributed by atoms with E-state index in [0.29, 0.717) is 52.2 Å². The van der Waals surface area contributed by atoms with E-state index < -0.39 is 5.97 Å². The smallest absolute Gasteiger partial charge is 0.329 e. The number of carboxylic acids is 1. The first-order valence-electron chi connectivity index (χ1n) is 6.62. The van der Waals surface area contributed by atoms with Crippen LogP contribution in [-0.4, -0.2) is 79.0 Å². The van der Waals surface area contributed by atoms with E-state index in [2.05, 4.69) is 0 Å². The zero-order valence-corrected chi connectivity index (χ0v) is 10.9. The highest BCUT2D eigenvalue weighted by Crippen LogP contribution is 2.15. The molecule has 0 atom stereocenters. The summed E-state index contributed by atoms with van der Waals surface area (Å²) in [6.45, 7) is 3.49. The van der Waals surface area contributed by atoms with Crippen LogP contribution in [-0.2, 0) is 14.3 Å². The first-order valence-corrected chi connectivity index (χ1v) is 6.62. The molecule has 0 aromatic heterocycles. The summed E-state index contributed by atoms with van der Waals surface area (Å²) in [7, 11) is 0. The zero-order valence-electron chi connectivity index (χ0n) is 10.9. The van der Waals surface area contributed by atoms with Gasteiger partial charge in [0, 0.05) is 26.2 Å². The summed E-state index contributed by atoms with van der Waals surface area (Å²) in [4.78, 5) is 26.2. The van der Waals surface area contributed by atoms with E-state index in [-0.39, 0.29) is 18.7 Å². The van der Waals surface area contributed by atoms with Crippen LogP contribution in [0.5, 0.6) is 0 Å². The van der Waals surface area contributed by atoms with Crippen LogP contribution in [0.4, 0.5) is 4.79 Å². The highest BCUT2D eigenvalue weighted by Gasteiger charge is 2.27. The molecule has 0 aliphatic carbocycles. The van der Waals surface area contributed by atoms with E-state index in [0.717, 1.165) is 0 Å². The van der Waals surface area contributed by atoms with Gasteiger partial charge in [-0.2, -0.15) is 0 Å². The molecule has 2 amide bonds. The van der Waals surface area contributed by atoms with Gasteiger partial charge in [0.25, 0.3) is 0 Å². The zero-order chi connectivity index (χ0) is 13.7. The van der Waals surface area contributed by atoms with Crippen LogP contribution in [0.3, 0.4) is 0 Å². The number of carboxylic acid groups (broad SMARTS) is 1. The second-order valence-corrected chi connectivity index (χ2v) is 4.77. The van der Waals surface area contributed by atoms with Crippen LogP contribution in [0, 0.1) is 0 Å². The van der Waals surface area contributed by atoms with Crippen LogP contribution in [0.1, 0.15) is 12.8 Å². The Balaban J connectivity index is 1.72. The van der Waals surface area contributed by atoms with Crippen molar-refractivity contribution >= 4 is 12.0 Å². The van der Waals surface area contributed by atoms with Gasteiger partial charge < -0.3 is 24.4 Å². The lowest BCUT2D eigenvalue weighted by Crippen LogP contribution is -2.51. The third-order valence-electron chi connectivity index (χ3n) is 3.44. The molecule has 2 heterocycles. The Morgan fingerprint density at radius 3 is 2.26 bits per heavy atom. The maximum atomic E-state index is 12.2. The van der Waals surface area contributed by atoms with Gasteiger partial charge in [0.15, 0.2) is 0 Å². The maximum Gasteiger partial charge on any atom is 0.329 e. The first-order chi connectivity index (χ1) is 9.16. The Hall–Kier alpha value is -1.34. The summed E-state index contributed by atoms with van der Waals surface area (Å²) in [5, 5.41) is 8.55. The van der Waals surface area contributed by atoms with Crippen LogP contribution >= 0.6 is 0 Å². The molecule has 0 aromatic rings. The molecule has 0 unspecified atom stereocenters. The molecule has 2 saturated heterocycles. The molecular formula is C12H20N2O5. The largest absolute Gasteiger partial charge is 0.480 e. The monoisotopic (exact) mass is 272 g/mol. The number of amides is 2. The topological polar surface area (TPSA) is 79.3 Å². The van der Waals surface area contributed by atoms with Gasteiger partial charge in [0.2, 0.25) is 0 Å². The molecule has 2 rings (SSSR count). The summed E-state index contributed by atoms with van der Waals surface area (Å²) >= 11 is 0. The number of morpholine rings is 1. The molecule has 0 aromatic carbocycles. The molecule has 0 bridgehead atoms. The van der Waals surface area contributed by atoms with Crippen molar-refractivity contribution in [2.45, 2.75) is 18.9 Å². The Kier molecular flexibility index (Phi) is 4.98. The molecule has 0 saturated carbocycles. The summed E-state index contributed by atoms with van der Waals surface area (Å²) in [5.74, 6) is -0.952. The molecule has 0 spiro atoms. The number of hydrogen-bond acceptors (Lipinski definition) is 4. The number of aliphatic carboxylic acids is 1. The minimum atomic E-state index is -0.952. The predicted octanol–water partition coefficient (Wildman–Crippen LogP) is 0.00420. The second kappa shape index (κ2) is 6.72. The average molecular weight is 272 g/mol. The Morgan fingerprint density at radius 2 is 1.68 bits per heavy atom. The van der Waals surface area contributed by atoms with Crippen molar-refractivity contribution in [2.24, 2.45) is 0 Å². The number of nitrogens with zero attached hydrogens (tertiary/aromatic N) is 2. The number of likely N-dealkylation sites (tertiary alicyclic amines) is 1. The number of urea groups is 1. The SMILES string of the molecule is O=C(O)COC1CCN(C(=O)N2CCOCC2)CC1. The molecule has 19 heavy (non-hydrogen) atoms. The van der Waals surface area contributed by atoms with Crippen LogP contribution in [0.25, 0.3) is 0 Å². The van der Waals surface area contributed by atoms with Crippen LogP contribution in [0.15, 0.2) is 0 Å². The fourth-order valence-corrected chi connectivity index (χ4v) is 2.36. The van der Waals surface area contributed by atoms with Crippen LogP contribution < -0.4 is 0 Å². The number of carbonyl (C=O) groups excluding carboxylic acids is 1. The van der Waals surface area contributed by atoms with Gasteiger partial charge in [-0.25, -0.2) is 9.59 Å². The molecule has 7 heteroatoms. The van der Waals surface area contributed by atoms with Gasteiger partial charge in [0.05, 0.1) is 19.3 Å². The summed E-state index contributed by atoms with van der Waals surface area (Å²) < 4.78 is 10.5. The van der Waals surface area contributed by atoms with Crippen LogP contribution in [0.2, 0.25) is 0 Å². The lowest BCUT2D eigenvalue weighted by molar-refractivity contribution is -0.145. The third-order valence-corrected chi connectivity index (χ3v) is 3.44. The highest BCUT2D eigenvalue weighted by atomic mass is 16.5. The van der Waals surface area contributed by atoms with Crippen molar-refractivity contribution in [3.63, 3.8) is 0 Å². The van der Waals surface area contributed by atoms with Crippen molar-refractivity contribution in [2.75, 3.05) is 46.0 Å². The number of ether oxygens (including phenoxy) is 2. The molecular weight excluding hydrogens is 252 g/mol. The number of hydrogen-bond donors (Lipinski definition) is 1. The van der Waals surface area contributed by atoms with Gasteiger partial charge >= 0.3 is 12.0 Å². The maximum absolute atomic E-state index is 12.2.